The van der Waals surface area contributed by atoms with Crippen molar-refractivity contribution in [1.29, 1.82) is 0 Å². The Morgan fingerprint density at radius 1 is 1.03 bits per heavy atom. The molecule has 3 amide bonds. The highest BCUT2D eigenvalue weighted by molar-refractivity contribution is 5.94. The first-order valence-corrected chi connectivity index (χ1v) is 12.7. The molecule has 0 aliphatic carbocycles. The zero-order valence-electron chi connectivity index (χ0n) is 20.7. The molecule has 1 aromatic carbocycles. The fourth-order valence-electron chi connectivity index (χ4n) is 5.38. The number of likely N-dealkylation sites (tertiary alicyclic amines) is 1. The quantitative estimate of drug-likeness (QED) is 0.595. The van der Waals surface area contributed by atoms with Crippen LogP contribution >= 0.6 is 0 Å². The lowest BCUT2D eigenvalue weighted by atomic mass is 10.0. The number of β-amino-alcohol motifs (C(OH)–C–C–N with tert-alkyl or cyclic N) is 1. The molecule has 0 saturated carbocycles. The van der Waals surface area contributed by atoms with Crippen LogP contribution in [0.4, 0.5) is 28.2 Å². The average molecular weight is 536 g/mol. The maximum absolute atomic E-state index is 14.3. The van der Waals surface area contributed by atoms with Crippen LogP contribution in [0.3, 0.4) is 0 Å². The molecule has 5 rings (SSSR count). The van der Waals surface area contributed by atoms with Crippen molar-refractivity contribution < 1.29 is 32.3 Å². The molecule has 8 nitrogen and oxygen atoms in total. The first kappa shape index (κ1) is 26.2. The Morgan fingerprint density at radius 3 is 2.34 bits per heavy atom. The number of anilines is 1. The number of aromatic nitrogens is 1. The first-order chi connectivity index (χ1) is 18.1. The van der Waals surface area contributed by atoms with Crippen LogP contribution in [0.25, 0.3) is 0 Å². The molecule has 3 saturated heterocycles. The molecule has 204 valence electrons. The Morgan fingerprint density at radius 2 is 1.74 bits per heavy atom. The number of halogens is 4. The molecule has 3 aliphatic heterocycles. The first-order valence-electron chi connectivity index (χ1n) is 12.7. The lowest BCUT2D eigenvalue weighted by molar-refractivity contribution is -0.138. The van der Waals surface area contributed by atoms with Gasteiger partial charge in [0, 0.05) is 63.6 Å². The topological polar surface area (TPSA) is 80.2 Å². The van der Waals surface area contributed by atoms with Crippen LogP contribution < -0.4 is 4.90 Å². The van der Waals surface area contributed by atoms with Crippen molar-refractivity contribution in [3.8, 4) is 0 Å². The van der Waals surface area contributed by atoms with Gasteiger partial charge < -0.3 is 24.7 Å². The Bertz CT molecular complexity index is 1180. The summed E-state index contributed by atoms with van der Waals surface area (Å²) in [6, 6.07) is 7.48. The van der Waals surface area contributed by atoms with Crippen LogP contribution in [0.5, 0.6) is 0 Å². The van der Waals surface area contributed by atoms with Crippen LogP contribution in [-0.2, 0) is 12.7 Å². The van der Waals surface area contributed by atoms with E-state index in [2.05, 4.69) is 4.98 Å². The van der Waals surface area contributed by atoms with Crippen molar-refractivity contribution >= 4 is 17.8 Å². The Labute approximate surface area is 217 Å². The van der Waals surface area contributed by atoms with Gasteiger partial charge in [0.1, 0.15) is 0 Å². The number of aliphatic hydroxyl groups is 1. The number of hydrogen-bond donors (Lipinski definition) is 1. The van der Waals surface area contributed by atoms with E-state index in [0.29, 0.717) is 82.9 Å². The van der Waals surface area contributed by atoms with Gasteiger partial charge in [-0.1, -0.05) is 12.1 Å². The van der Waals surface area contributed by atoms with E-state index in [1.165, 1.54) is 0 Å². The van der Waals surface area contributed by atoms with Crippen LogP contribution in [0.2, 0.25) is 0 Å². The van der Waals surface area contributed by atoms with Gasteiger partial charge in [-0.15, -0.1) is 0 Å². The third-order valence-corrected chi connectivity index (χ3v) is 7.51. The second-order valence-corrected chi connectivity index (χ2v) is 10.0. The summed E-state index contributed by atoms with van der Waals surface area (Å²) in [5.74, 6) is -1.23. The summed E-state index contributed by atoms with van der Waals surface area (Å²) in [6.45, 7) is 3.17. The van der Waals surface area contributed by atoms with E-state index in [1.54, 1.807) is 26.8 Å². The van der Waals surface area contributed by atoms with E-state index in [1.807, 2.05) is 17.0 Å². The van der Waals surface area contributed by atoms with Gasteiger partial charge in [0.05, 0.1) is 11.7 Å². The summed E-state index contributed by atoms with van der Waals surface area (Å²) in [5.41, 5.74) is 0.323. The number of nitrogens with zero attached hydrogens (tertiary/aromatic N) is 5. The van der Waals surface area contributed by atoms with Crippen LogP contribution in [0.1, 0.15) is 40.7 Å². The molecule has 0 radical (unpaired) electrons. The van der Waals surface area contributed by atoms with E-state index in [-0.39, 0.29) is 23.8 Å². The van der Waals surface area contributed by atoms with Crippen molar-refractivity contribution in [2.45, 2.75) is 44.1 Å². The van der Waals surface area contributed by atoms with Crippen molar-refractivity contribution in [3.05, 3.63) is 59.0 Å². The maximum atomic E-state index is 14.3. The van der Waals surface area contributed by atoms with Crippen LogP contribution in [-0.4, -0.2) is 88.1 Å². The molecular formula is C26H29F4N5O3. The smallest absolute Gasteiger partial charge is 0.391 e. The Balaban J connectivity index is 1.14. The Hall–Kier alpha value is -3.41. The van der Waals surface area contributed by atoms with E-state index in [0.717, 1.165) is 5.56 Å². The lowest BCUT2D eigenvalue weighted by Crippen LogP contribution is -2.47. The van der Waals surface area contributed by atoms with Gasteiger partial charge >= 0.3 is 12.2 Å². The van der Waals surface area contributed by atoms with Crippen molar-refractivity contribution in [2.24, 2.45) is 0 Å². The molecule has 1 atom stereocenters. The minimum atomic E-state index is -4.65. The van der Waals surface area contributed by atoms with Crippen LogP contribution in [0.15, 0.2) is 36.5 Å². The highest BCUT2D eigenvalue weighted by Crippen LogP contribution is 2.32. The predicted octanol–water partition coefficient (Wildman–Crippen LogP) is 3.35. The normalized spacial score (nSPS) is 21.1. The Kier molecular flexibility index (Phi) is 7.17. The van der Waals surface area contributed by atoms with Gasteiger partial charge in [-0.25, -0.2) is 14.2 Å². The van der Waals surface area contributed by atoms with Gasteiger partial charge in [-0.05, 0) is 43.0 Å². The number of hydrogen-bond acceptors (Lipinski definition) is 5. The molecule has 4 heterocycles. The zero-order valence-corrected chi connectivity index (χ0v) is 20.7. The third-order valence-electron chi connectivity index (χ3n) is 7.51. The predicted molar refractivity (Wildman–Crippen MR) is 130 cm³/mol. The van der Waals surface area contributed by atoms with Gasteiger partial charge in [-0.3, -0.25) is 4.79 Å². The minimum absolute atomic E-state index is 0.0444. The summed E-state index contributed by atoms with van der Waals surface area (Å²) in [5, 5.41) is 9.66. The minimum Gasteiger partial charge on any atom is -0.391 e. The maximum Gasteiger partial charge on any atom is 0.417 e. The van der Waals surface area contributed by atoms with Crippen molar-refractivity contribution in [3.63, 3.8) is 0 Å². The van der Waals surface area contributed by atoms with Crippen molar-refractivity contribution in [1.82, 2.24) is 19.7 Å². The summed E-state index contributed by atoms with van der Waals surface area (Å²) in [6.07, 6.45) is -2.78. The highest BCUT2D eigenvalue weighted by atomic mass is 19.4. The number of benzene rings is 1. The number of pyridine rings is 1. The number of carbonyl (C=O) groups is 2. The summed E-state index contributed by atoms with van der Waals surface area (Å²) >= 11 is 0. The second kappa shape index (κ2) is 10.4. The molecule has 0 unspecified atom stereocenters. The summed E-state index contributed by atoms with van der Waals surface area (Å²) < 4.78 is 52.8. The molecule has 38 heavy (non-hydrogen) atoms. The van der Waals surface area contributed by atoms with E-state index in [9.17, 15) is 32.3 Å². The largest absolute Gasteiger partial charge is 0.417 e. The molecule has 1 N–H and O–H groups in total. The van der Waals surface area contributed by atoms with Gasteiger partial charge in [0.15, 0.2) is 11.6 Å². The van der Waals surface area contributed by atoms with Gasteiger partial charge in [0.25, 0.3) is 5.91 Å². The number of alkyl halides is 3. The number of aliphatic hydroxyl groups excluding tert-OH is 1. The molecule has 0 bridgehead atoms. The summed E-state index contributed by atoms with van der Waals surface area (Å²) in [4.78, 5) is 36.2. The fraction of sp³-hybridized carbons (Fsp3) is 0.500. The number of rotatable bonds is 5. The molecule has 0 spiro atoms. The van der Waals surface area contributed by atoms with E-state index in [4.69, 9.17) is 0 Å². The molecule has 2 aromatic rings. The standard InChI is InChI=1S/C26H29F4N5O3/c27-22-13-19(26(28,29)30)14-31-23(22)32-8-5-20(6-9-32)35-12-11-34(25(35)38)15-17-1-3-18(4-2-17)24(37)33-10-7-21(36)16-33/h1-4,13-14,20-21,36H,5-12,15-16H2/t21-/m0/s1. The number of amides is 3. The monoisotopic (exact) mass is 535 g/mol. The number of urea groups is 1. The van der Waals surface area contributed by atoms with Gasteiger partial charge in [0.2, 0.25) is 0 Å². The fourth-order valence-corrected chi connectivity index (χ4v) is 5.38. The SMILES string of the molecule is O=C(c1ccc(CN2CCN(C3CCN(c4ncc(C(F)(F)F)cc4F)CC3)C2=O)cc1)N1CC[C@H](O)C1. The average Bonchev–Trinajstić information content (AvgIpc) is 3.49. The molecular weight excluding hydrogens is 506 g/mol. The van der Waals surface area contributed by atoms with E-state index < -0.39 is 23.7 Å². The third kappa shape index (κ3) is 5.40. The van der Waals surface area contributed by atoms with E-state index >= 15 is 0 Å². The zero-order chi connectivity index (χ0) is 27.0. The molecule has 1 aromatic heterocycles. The molecule has 3 fully saturated rings. The van der Waals surface area contributed by atoms with Crippen molar-refractivity contribution in [2.75, 3.05) is 44.2 Å². The summed E-state index contributed by atoms with van der Waals surface area (Å²) in [7, 11) is 0. The number of carbonyl (C=O) groups excluding carboxylic acids is 2. The molecule has 3 aliphatic rings. The lowest BCUT2D eigenvalue weighted by Gasteiger charge is -2.37. The van der Waals surface area contributed by atoms with Crippen LogP contribution in [0, 0.1) is 5.82 Å². The second-order valence-electron chi connectivity index (χ2n) is 10.0. The highest BCUT2D eigenvalue weighted by Gasteiger charge is 2.37. The van der Waals surface area contributed by atoms with Gasteiger partial charge in [-0.2, -0.15) is 13.2 Å². The molecule has 12 heteroatoms. The number of piperidine rings is 1.